The van der Waals surface area contributed by atoms with E-state index in [1.54, 1.807) is 0 Å². The number of H-pyrrole nitrogens is 1. The minimum absolute atomic E-state index is 0.372. The molecule has 1 aromatic rings. The first-order valence-electron chi connectivity index (χ1n) is 6.29. The smallest absolute Gasteiger partial charge is 0.106 e. The normalized spacial score (nSPS) is 20.4. The van der Waals surface area contributed by atoms with E-state index in [-0.39, 0.29) is 0 Å². The molecule has 0 spiro atoms. The van der Waals surface area contributed by atoms with Gasteiger partial charge in [0, 0.05) is 23.7 Å². The lowest BCUT2D eigenvalue weighted by Gasteiger charge is -2.32. The summed E-state index contributed by atoms with van der Waals surface area (Å²) < 4.78 is 0. The molecule has 1 fully saturated rings. The van der Waals surface area contributed by atoms with Gasteiger partial charge in [-0.2, -0.15) is 0 Å². The third-order valence-corrected chi connectivity index (χ3v) is 3.72. The van der Waals surface area contributed by atoms with Gasteiger partial charge in [-0.3, -0.25) is 0 Å². The summed E-state index contributed by atoms with van der Waals surface area (Å²) >= 11 is 0. The zero-order chi connectivity index (χ0) is 10.7. The molecule has 0 atom stereocenters. The lowest BCUT2D eigenvalue weighted by molar-refractivity contribution is 0.313. The molecule has 0 bridgehead atoms. The Kier molecular flexibility index (Phi) is 3.13. The highest BCUT2D eigenvalue weighted by Gasteiger charge is 2.30. The summed E-state index contributed by atoms with van der Waals surface area (Å²) in [5.41, 5.74) is 1.74. The molecule has 1 aromatic heterocycles. The van der Waals surface area contributed by atoms with Gasteiger partial charge >= 0.3 is 0 Å². The van der Waals surface area contributed by atoms with Crippen LogP contribution in [0.15, 0.2) is 6.20 Å². The van der Waals surface area contributed by atoms with Crippen LogP contribution in [0.5, 0.6) is 0 Å². The number of imidazole rings is 1. The van der Waals surface area contributed by atoms with Gasteiger partial charge in [-0.15, -0.1) is 0 Å². The average molecular weight is 206 g/mol. The molecule has 0 radical (unpaired) electrons. The Hall–Kier alpha value is -0.790. The second kappa shape index (κ2) is 4.38. The number of hydrogen-bond acceptors (Lipinski definition) is 1. The van der Waals surface area contributed by atoms with Crippen LogP contribution in [0.1, 0.15) is 63.9 Å². The lowest BCUT2D eigenvalue weighted by Crippen LogP contribution is -2.25. The highest BCUT2D eigenvalue weighted by atomic mass is 14.9. The van der Waals surface area contributed by atoms with E-state index >= 15 is 0 Å². The highest BCUT2D eigenvalue weighted by Crippen LogP contribution is 2.37. The number of aromatic nitrogens is 2. The van der Waals surface area contributed by atoms with Gasteiger partial charge in [0.25, 0.3) is 0 Å². The Morgan fingerprint density at radius 2 is 2.07 bits per heavy atom. The van der Waals surface area contributed by atoms with Gasteiger partial charge in [0.05, 0.1) is 0 Å². The van der Waals surface area contributed by atoms with Crippen LogP contribution >= 0.6 is 0 Å². The van der Waals surface area contributed by atoms with E-state index in [0.717, 1.165) is 6.42 Å². The number of rotatable bonds is 3. The summed E-state index contributed by atoms with van der Waals surface area (Å²) in [4.78, 5) is 7.98. The zero-order valence-electron chi connectivity index (χ0n) is 9.97. The van der Waals surface area contributed by atoms with Crippen LogP contribution in [0, 0.1) is 0 Å². The third kappa shape index (κ3) is 2.24. The van der Waals surface area contributed by atoms with Crippen LogP contribution in [0.2, 0.25) is 0 Å². The summed E-state index contributed by atoms with van der Waals surface area (Å²) in [5, 5.41) is 0. The molecule has 2 nitrogen and oxygen atoms in total. The topological polar surface area (TPSA) is 28.7 Å². The Bertz CT molecular complexity index is 308. The molecular weight excluding hydrogens is 184 g/mol. The van der Waals surface area contributed by atoms with Crippen LogP contribution in [0.25, 0.3) is 0 Å². The Morgan fingerprint density at radius 1 is 1.33 bits per heavy atom. The fourth-order valence-corrected chi connectivity index (χ4v) is 2.63. The molecule has 0 unspecified atom stereocenters. The fourth-order valence-electron chi connectivity index (χ4n) is 2.63. The van der Waals surface area contributed by atoms with Crippen LogP contribution in [-0.4, -0.2) is 9.97 Å². The van der Waals surface area contributed by atoms with E-state index in [9.17, 15) is 0 Å². The molecule has 2 rings (SSSR count). The van der Waals surface area contributed by atoms with Crippen molar-refractivity contribution in [2.24, 2.45) is 0 Å². The first-order valence-corrected chi connectivity index (χ1v) is 6.29. The van der Waals surface area contributed by atoms with Crippen molar-refractivity contribution in [3.05, 3.63) is 17.7 Å². The second-order valence-corrected chi connectivity index (χ2v) is 5.11. The molecule has 0 aromatic carbocycles. The Balaban J connectivity index is 2.12. The monoisotopic (exact) mass is 206 g/mol. The summed E-state index contributed by atoms with van der Waals surface area (Å²) in [6, 6.07) is 0. The summed E-state index contributed by atoms with van der Waals surface area (Å²) in [6.45, 7) is 4.58. The zero-order valence-corrected chi connectivity index (χ0v) is 9.97. The predicted octanol–water partition coefficient (Wildman–Crippen LogP) is 3.58. The number of nitrogens with zero attached hydrogens (tertiary/aromatic N) is 1. The maximum Gasteiger partial charge on any atom is 0.106 e. The molecule has 2 heteroatoms. The largest absolute Gasteiger partial charge is 0.345 e. The van der Waals surface area contributed by atoms with Gasteiger partial charge in [-0.25, -0.2) is 4.98 Å². The van der Waals surface area contributed by atoms with Gasteiger partial charge in [-0.1, -0.05) is 33.1 Å². The Morgan fingerprint density at radius 3 is 2.73 bits per heavy atom. The Labute approximate surface area is 92.5 Å². The van der Waals surface area contributed by atoms with E-state index in [4.69, 9.17) is 0 Å². The molecule has 1 aliphatic rings. The lowest BCUT2D eigenvalue weighted by atomic mass is 9.74. The minimum atomic E-state index is 0.372. The van der Waals surface area contributed by atoms with Crippen molar-refractivity contribution in [2.75, 3.05) is 0 Å². The van der Waals surface area contributed by atoms with E-state index in [0.29, 0.717) is 5.41 Å². The van der Waals surface area contributed by atoms with Crippen LogP contribution in [-0.2, 0) is 11.8 Å². The summed E-state index contributed by atoms with van der Waals surface area (Å²) in [6.07, 6.45) is 11.1. The molecule has 1 heterocycles. The van der Waals surface area contributed by atoms with Crippen molar-refractivity contribution in [1.82, 2.24) is 9.97 Å². The van der Waals surface area contributed by atoms with Crippen molar-refractivity contribution < 1.29 is 0 Å². The summed E-state index contributed by atoms with van der Waals surface area (Å²) in [5.74, 6) is 1.17. The van der Waals surface area contributed by atoms with Crippen LogP contribution in [0.4, 0.5) is 0 Å². The van der Waals surface area contributed by atoms with E-state index in [1.165, 1.54) is 50.0 Å². The van der Waals surface area contributed by atoms with Crippen molar-refractivity contribution in [1.29, 1.82) is 0 Å². The number of aryl methyl sites for hydroxylation is 1. The molecule has 0 amide bonds. The first kappa shape index (κ1) is 10.7. The number of nitrogens with one attached hydrogen (secondary N) is 1. The van der Waals surface area contributed by atoms with Crippen LogP contribution in [0.3, 0.4) is 0 Å². The second-order valence-electron chi connectivity index (χ2n) is 5.11. The van der Waals surface area contributed by atoms with Gasteiger partial charge in [-0.05, 0) is 19.3 Å². The molecule has 0 saturated heterocycles. The van der Waals surface area contributed by atoms with Gasteiger partial charge < -0.3 is 4.98 Å². The highest BCUT2D eigenvalue weighted by molar-refractivity contribution is 5.15. The third-order valence-electron chi connectivity index (χ3n) is 3.72. The maximum absolute atomic E-state index is 4.47. The van der Waals surface area contributed by atoms with Crippen molar-refractivity contribution in [3.63, 3.8) is 0 Å². The van der Waals surface area contributed by atoms with Crippen molar-refractivity contribution in [3.8, 4) is 0 Å². The van der Waals surface area contributed by atoms with E-state index in [2.05, 4.69) is 30.0 Å². The maximum atomic E-state index is 4.47. The SMILES string of the molecule is CCCc1ncc(C2(C)CCCCC2)[nH]1. The molecule has 1 aliphatic carbocycles. The molecule has 15 heavy (non-hydrogen) atoms. The summed E-state index contributed by atoms with van der Waals surface area (Å²) in [7, 11) is 0. The van der Waals surface area contributed by atoms with Crippen molar-refractivity contribution >= 4 is 0 Å². The molecule has 1 saturated carbocycles. The fraction of sp³-hybridized carbons (Fsp3) is 0.769. The van der Waals surface area contributed by atoms with E-state index < -0.39 is 0 Å². The molecule has 0 aliphatic heterocycles. The van der Waals surface area contributed by atoms with Gasteiger partial charge in [0.15, 0.2) is 0 Å². The van der Waals surface area contributed by atoms with E-state index in [1.807, 2.05) is 0 Å². The molecular formula is C13H22N2. The number of hydrogen-bond donors (Lipinski definition) is 1. The minimum Gasteiger partial charge on any atom is -0.345 e. The first-order chi connectivity index (χ1) is 7.24. The quantitative estimate of drug-likeness (QED) is 0.804. The van der Waals surface area contributed by atoms with Gasteiger partial charge in [0.2, 0.25) is 0 Å². The van der Waals surface area contributed by atoms with Crippen LogP contribution < -0.4 is 0 Å². The average Bonchev–Trinajstić information content (AvgIpc) is 2.69. The number of aromatic amines is 1. The molecule has 84 valence electrons. The van der Waals surface area contributed by atoms with Crippen molar-refractivity contribution in [2.45, 2.75) is 64.2 Å². The predicted molar refractivity (Wildman–Crippen MR) is 63.0 cm³/mol. The molecule has 1 N–H and O–H groups in total. The van der Waals surface area contributed by atoms with Gasteiger partial charge in [0.1, 0.15) is 5.82 Å². The standard InChI is InChI=1S/C13H22N2/c1-3-7-12-14-10-11(15-12)13(2)8-5-4-6-9-13/h10H,3-9H2,1-2H3,(H,14,15).